The van der Waals surface area contributed by atoms with E-state index in [0.717, 1.165) is 12.3 Å². The lowest BCUT2D eigenvalue weighted by Gasteiger charge is -2.07. The average Bonchev–Trinajstić information content (AvgIpc) is 3.01. The lowest BCUT2D eigenvalue weighted by Crippen LogP contribution is -2.31. The van der Waals surface area contributed by atoms with Gasteiger partial charge in [0.1, 0.15) is 0 Å². The molecule has 0 fully saturated rings. The number of aryl methyl sites for hydroxylation is 1. The number of nitrogens with zero attached hydrogens (tertiary/aromatic N) is 3. The summed E-state index contributed by atoms with van der Waals surface area (Å²) in [5, 5.41) is 2.81. The van der Waals surface area contributed by atoms with E-state index in [-0.39, 0.29) is 11.5 Å². The quantitative estimate of drug-likeness (QED) is 0.751. The zero-order chi connectivity index (χ0) is 18.0. The smallest absolute Gasteiger partial charge is 0.284 e. The number of amides is 1. The second-order valence-corrected chi connectivity index (χ2v) is 6.55. The minimum Gasteiger partial charge on any atom is -0.334 e. The molecule has 8 nitrogen and oxygen atoms in total. The van der Waals surface area contributed by atoms with Gasteiger partial charge in [-0.2, -0.15) is 13.4 Å². The van der Waals surface area contributed by atoms with Gasteiger partial charge in [-0.25, -0.2) is 14.1 Å². The molecule has 1 aromatic carbocycles. The van der Waals surface area contributed by atoms with Gasteiger partial charge >= 0.3 is 0 Å². The van der Waals surface area contributed by atoms with E-state index < -0.39 is 26.8 Å². The van der Waals surface area contributed by atoms with Crippen molar-refractivity contribution < 1.29 is 22.1 Å². The van der Waals surface area contributed by atoms with Gasteiger partial charge in [-0.1, -0.05) is 5.16 Å². The van der Waals surface area contributed by atoms with E-state index in [1.54, 1.807) is 11.6 Å². The highest BCUT2D eigenvalue weighted by atomic mass is 32.2. The van der Waals surface area contributed by atoms with Crippen molar-refractivity contribution in [3.8, 4) is 11.5 Å². The molecule has 2 aromatic heterocycles. The molecule has 10 heteroatoms. The largest absolute Gasteiger partial charge is 0.334 e. The zero-order valence-electron chi connectivity index (χ0n) is 12.8. The topological polar surface area (TPSA) is 115 Å². The maximum absolute atomic E-state index is 13.6. The van der Waals surface area contributed by atoms with Crippen molar-refractivity contribution in [2.45, 2.75) is 11.9 Å². The number of sulfonamides is 1. The minimum absolute atomic E-state index is 0.0555. The molecule has 1 N–H and O–H groups in total. The van der Waals surface area contributed by atoms with Crippen LogP contribution in [0.15, 0.2) is 52.1 Å². The number of rotatable bonds is 4. The zero-order valence-corrected chi connectivity index (χ0v) is 13.6. The van der Waals surface area contributed by atoms with Crippen molar-refractivity contribution in [1.82, 2.24) is 19.8 Å². The summed E-state index contributed by atoms with van der Waals surface area (Å²) in [7, 11) is -4.42. The predicted octanol–water partition coefficient (Wildman–Crippen LogP) is 1.70. The van der Waals surface area contributed by atoms with Gasteiger partial charge < -0.3 is 4.52 Å². The Morgan fingerprint density at radius 2 is 1.92 bits per heavy atom. The van der Waals surface area contributed by atoms with Crippen LogP contribution in [0, 0.1) is 12.7 Å². The van der Waals surface area contributed by atoms with Crippen LogP contribution in [-0.4, -0.2) is 29.4 Å². The summed E-state index contributed by atoms with van der Waals surface area (Å²) < 4.78 is 44.5. The van der Waals surface area contributed by atoms with Crippen LogP contribution in [0.1, 0.15) is 16.2 Å². The van der Waals surface area contributed by atoms with Crippen LogP contribution in [0.3, 0.4) is 0 Å². The van der Waals surface area contributed by atoms with Gasteiger partial charge in [-0.15, -0.1) is 0 Å². The number of carbonyl (C=O) groups is 1. The molecule has 2 heterocycles. The predicted molar refractivity (Wildman–Crippen MR) is 83.3 cm³/mol. The summed E-state index contributed by atoms with van der Waals surface area (Å²) in [5.74, 6) is -1.24. The van der Waals surface area contributed by atoms with Crippen molar-refractivity contribution in [3.63, 3.8) is 0 Å². The second-order valence-electron chi connectivity index (χ2n) is 4.95. The van der Waals surface area contributed by atoms with Crippen LogP contribution in [0.5, 0.6) is 0 Å². The summed E-state index contributed by atoms with van der Waals surface area (Å²) in [6.45, 7) is 1.66. The first-order chi connectivity index (χ1) is 11.9. The standard InChI is InChI=1S/C15H11FN4O4S/c1-9-18-14(24-19-9)11-6-4-10(5-7-11)13(21)20-25(22,23)15-12(16)3-2-8-17-15/h2-8H,1H3,(H,20,21). The first kappa shape index (κ1) is 16.7. The molecule has 3 aromatic rings. The fraction of sp³-hybridized carbons (Fsp3) is 0.0667. The minimum atomic E-state index is -4.42. The number of halogens is 1. The van der Waals surface area contributed by atoms with E-state index in [1.165, 1.54) is 30.3 Å². The molecule has 0 spiro atoms. The third-order valence-electron chi connectivity index (χ3n) is 3.13. The summed E-state index contributed by atoms with van der Waals surface area (Å²) in [4.78, 5) is 19.6. The summed E-state index contributed by atoms with van der Waals surface area (Å²) in [6.07, 6.45) is 1.11. The van der Waals surface area contributed by atoms with Gasteiger partial charge in [0.15, 0.2) is 11.6 Å². The van der Waals surface area contributed by atoms with Crippen LogP contribution in [0.4, 0.5) is 4.39 Å². The molecule has 0 radical (unpaired) electrons. The Labute approximate surface area is 141 Å². The Morgan fingerprint density at radius 1 is 1.20 bits per heavy atom. The molecule has 0 saturated carbocycles. The van der Waals surface area contributed by atoms with Crippen LogP contribution < -0.4 is 4.72 Å². The molecule has 0 atom stereocenters. The molecule has 0 aliphatic heterocycles. The molecule has 25 heavy (non-hydrogen) atoms. The van der Waals surface area contributed by atoms with Crippen LogP contribution >= 0.6 is 0 Å². The van der Waals surface area contributed by atoms with E-state index in [0.29, 0.717) is 11.4 Å². The molecule has 0 aliphatic carbocycles. The van der Waals surface area contributed by atoms with E-state index in [2.05, 4.69) is 15.1 Å². The van der Waals surface area contributed by atoms with Crippen molar-refractivity contribution in [3.05, 3.63) is 59.8 Å². The number of pyridine rings is 1. The first-order valence-electron chi connectivity index (χ1n) is 6.95. The summed E-state index contributed by atoms with van der Waals surface area (Å²) in [5.41, 5.74) is 0.621. The Balaban J connectivity index is 1.81. The van der Waals surface area contributed by atoms with Crippen LogP contribution in [-0.2, 0) is 10.0 Å². The van der Waals surface area contributed by atoms with Gasteiger partial charge in [0.2, 0.25) is 5.03 Å². The highest BCUT2D eigenvalue weighted by Gasteiger charge is 2.23. The lowest BCUT2D eigenvalue weighted by atomic mass is 10.1. The highest BCUT2D eigenvalue weighted by Crippen LogP contribution is 2.18. The van der Waals surface area contributed by atoms with Gasteiger partial charge in [-0.05, 0) is 43.3 Å². The van der Waals surface area contributed by atoms with Gasteiger partial charge in [0.25, 0.3) is 21.8 Å². The number of hydrogen-bond donors (Lipinski definition) is 1. The van der Waals surface area contributed by atoms with E-state index >= 15 is 0 Å². The SMILES string of the molecule is Cc1noc(-c2ccc(C(=O)NS(=O)(=O)c3ncccc3F)cc2)n1. The molecular weight excluding hydrogens is 351 g/mol. The van der Waals surface area contributed by atoms with E-state index in [9.17, 15) is 17.6 Å². The maximum Gasteiger partial charge on any atom is 0.284 e. The molecule has 0 saturated heterocycles. The number of carbonyl (C=O) groups excluding carboxylic acids is 1. The first-order valence-corrected chi connectivity index (χ1v) is 8.43. The summed E-state index contributed by atoms with van der Waals surface area (Å²) in [6, 6.07) is 8.00. The van der Waals surface area contributed by atoms with E-state index in [4.69, 9.17) is 4.52 Å². The number of nitrogens with one attached hydrogen (secondary N) is 1. The molecular formula is C15H11FN4O4S. The summed E-state index contributed by atoms with van der Waals surface area (Å²) >= 11 is 0. The molecule has 1 amide bonds. The van der Waals surface area contributed by atoms with Crippen molar-refractivity contribution in [2.24, 2.45) is 0 Å². The number of benzene rings is 1. The van der Waals surface area contributed by atoms with Crippen molar-refractivity contribution in [2.75, 3.05) is 0 Å². The third kappa shape index (κ3) is 3.53. The fourth-order valence-corrected chi connectivity index (χ4v) is 2.96. The highest BCUT2D eigenvalue weighted by molar-refractivity contribution is 7.90. The number of aromatic nitrogens is 3. The Hall–Kier alpha value is -3.14. The lowest BCUT2D eigenvalue weighted by molar-refractivity contribution is 0.0981. The van der Waals surface area contributed by atoms with Gasteiger partial charge in [-0.3, -0.25) is 4.79 Å². The van der Waals surface area contributed by atoms with Crippen molar-refractivity contribution in [1.29, 1.82) is 0 Å². The normalized spacial score (nSPS) is 11.3. The molecule has 0 aliphatic rings. The third-order valence-corrected chi connectivity index (χ3v) is 4.39. The molecule has 0 unspecified atom stereocenters. The fourth-order valence-electron chi connectivity index (χ4n) is 1.98. The maximum atomic E-state index is 13.6. The molecule has 3 rings (SSSR count). The Kier molecular flexibility index (Phi) is 4.28. The Morgan fingerprint density at radius 3 is 2.52 bits per heavy atom. The van der Waals surface area contributed by atoms with E-state index in [1.807, 2.05) is 0 Å². The average molecular weight is 362 g/mol. The van der Waals surface area contributed by atoms with Crippen LogP contribution in [0.25, 0.3) is 11.5 Å². The molecule has 128 valence electrons. The monoisotopic (exact) mass is 362 g/mol. The molecule has 0 bridgehead atoms. The van der Waals surface area contributed by atoms with Crippen molar-refractivity contribution >= 4 is 15.9 Å². The number of hydrogen-bond acceptors (Lipinski definition) is 7. The van der Waals surface area contributed by atoms with Gasteiger partial charge in [0.05, 0.1) is 0 Å². The van der Waals surface area contributed by atoms with Crippen LogP contribution in [0.2, 0.25) is 0 Å². The van der Waals surface area contributed by atoms with Gasteiger partial charge in [0, 0.05) is 17.3 Å². The Bertz CT molecular complexity index is 1030. The second kappa shape index (κ2) is 6.40.